The molecule has 108 valence electrons. The summed E-state index contributed by atoms with van der Waals surface area (Å²) in [4.78, 5) is 0. The molecule has 0 bridgehead atoms. The van der Waals surface area contributed by atoms with Crippen molar-refractivity contribution in [2.75, 3.05) is 26.9 Å². The number of benzene rings is 1. The fourth-order valence-corrected chi connectivity index (χ4v) is 2.02. The standard InChI is InChI=1S/C14H19N3O3/c1-19-8-9-20-7-6-17-5-4-11-10-12(14(15)16-18)2-3-13(11)17/h2-5,10,18H,6-9H2,1H3,(H2,15,16). The van der Waals surface area contributed by atoms with Crippen LogP contribution in [0.3, 0.4) is 0 Å². The van der Waals surface area contributed by atoms with Gasteiger partial charge in [-0.15, -0.1) is 0 Å². The molecular formula is C14H19N3O3. The first-order valence-corrected chi connectivity index (χ1v) is 6.39. The number of aromatic nitrogens is 1. The summed E-state index contributed by atoms with van der Waals surface area (Å²) in [6, 6.07) is 7.68. The zero-order chi connectivity index (χ0) is 14.4. The molecule has 3 N–H and O–H groups in total. The number of rotatable bonds is 7. The van der Waals surface area contributed by atoms with Crippen molar-refractivity contribution in [1.82, 2.24) is 4.57 Å². The molecule has 0 atom stereocenters. The molecule has 0 saturated heterocycles. The number of ether oxygens (including phenoxy) is 2. The summed E-state index contributed by atoms with van der Waals surface area (Å²) < 4.78 is 12.5. The van der Waals surface area contributed by atoms with Crippen LogP contribution in [0.2, 0.25) is 0 Å². The van der Waals surface area contributed by atoms with Gasteiger partial charge in [-0.05, 0) is 24.3 Å². The van der Waals surface area contributed by atoms with E-state index in [1.807, 2.05) is 30.5 Å². The Bertz CT molecular complexity index is 592. The van der Waals surface area contributed by atoms with E-state index in [1.54, 1.807) is 7.11 Å². The molecule has 0 saturated carbocycles. The van der Waals surface area contributed by atoms with Crippen LogP contribution in [0.1, 0.15) is 5.56 Å². The second-order valence-electron chi connectivity index (χ2n) is 4.37. The van der Waals surface area contributed by atoms with E-state index >= 15 is 0 Å². The van der Waals surface area contributed by atoms with Crippen molar-refractivity contribution in [3.05, 3.63) is 36.0 Å². The van der Waals surface area contributed by atoms with Gasteiger partial charge < -0.3 is 25.0 Å². The Hall–Kier alpha value is -2.05. The van der Waals surface area contributed by atoms with Gasteiger partial charge in [-0.1, -0.05) is 5.16 Å². The molecule has 0 fully saturated rings. The Labute approximate surface area is 117 Å². The van der Waals surface area contributed by atoms with Crippen molar-refractivity contribution in [3.63, 3.8) is 0 Å². The SMILES string of the molecule is COCCOCCn1ccc2cc(/C(N)=N/O)ccc21. The van der Waals surface area contributed by atoms with E-state index in [0.29, 0.717) is 25.4 Å². The maximum Gasteiger partial charge on any atom is 0.170 e. The molecule has 2 aromatic rings. The van der Waals surface area contributed by atoms with Crippen molar-refractivity contribution in [2.45, 2.75) is 6.54 Å². The summed E-state index contributed by atoms with van der Waals surface area (Å²) in [7, 11) is 1.65. The largest absolute Gasteiger partial charge is 0.409 e. The third kappa shape index (κ3) is 3.28. The van der Waals surface area contributed by atoms with E-state index < -0.39 is 0 Å². The van der Waals surface area contributed by atoms with Crippen molar-refractivity contribution < 1.29 is 14.7 Å². The summed E-state index contributed by atoms with van der Waals surface area (Å²) in [5.41, 5.74) is 7.38. The molecule has 6 heteroatoms. The van der Waals surface area contributed by atoms with Gasteiger partial charge >= 0.3 is 0 Å². The topological polar surface area (TPSA) is 82.0 Å². The van der Waals surface area contributed by atoms with Gasteiger partial charge in [0.15, 0.2) is 5.84 Å². The Balaban J connectivity index is 2.05. The number of hydrogen-bond acceptors (Lipinski definition) is 4. The molecule has 20 heavy (non-hydrogen) atoms. The fraction of sp³-hybridized carbons (Fsp3) is 0.357. The van der Waals surface area contributed by atoms with Gasteiger partial charge in [0, 0.05) is 36.3 Å². The second kappa shape index (κ2) is 6.93. The van der Waals surface area contributed by atoms with E-state index in [0.717, 1.165) is 17.4 Å². The first kappa shape index (κ1) is 14.4. The Morgan fingerprint density at radius 2 is 2.15 bits per heavy atom. The van der Waals surface area contributed by atoms with Gasteiger partial charge in [-0.2, -0.15) is 0 Å². The first-order valence-electron chi connectivity index (χ1n) is 6.39. The van der Waals surface area contributed by atoms with Gasteiger partial charge in [0.1, 0.15) is 0 Å². The van der Waals surface area contributed by atoms with E-state index in [2.05, 4.69) is 9.72 Å². The molecule has 1 aromatic heterocycles. The minimum absolute atomic E-state index is 0.113. The number of hydrogen-bond donors (Lipinski definition) is 2. The number of methoxy groups -OCH3 is 1. The molecule has 6 nitrogen and oxygen atoms in total. The zero-order valence-electron chi connectivity index (χ0n) is 11.5. The van der Waals surface area contributed by atoms with Crippen LogP contribution in [-0.4, -0.2) is 42.5 Å². The summed E-state index contributed by atoms with van der Waals surface area (Å²) in [6.45, 7) is 2.62. The number of fused-ring (bicyclic) bond motifs is 1. The molecule has 0 aliphatic rings. The fourth-order valence-electron chi connectivity index (χ4n) is 2.02. The lowest BCUT2D eigenvalue weighted by atomic mass is 10.1. The van der Waals surface area contributed by atoms with Gasteiger partial charge in [-0.3, -0.25) is 0 Å². The van der Waals surface area contributed by atoms with Gasteiger partial charge in [-0.25, -0.2) is 0 Å². The highest BCUT2D eigenvalue weighted by Crippen LogP contribution is 2.17. The quantitative estimate of drug-likeness (QED) is 0.263. The zero-order valence-corrected chi connectivity index (χ0v) is 11.5. The monoisotopic (exact) mass is 277 g/mol. The Morgan fingerprint density at radius 3 is 2.90 bits per heavy atom. The highest BCUT2D eigenvalue weighted by Gasteiger charge is 2.04. The lowest BCUT2D eigenvalue weighted by Gasteiger charge is -2.07. The van der Waals surface area contributed by atoms with Gasteiger partial charge in [0.25, 0.3) is 0 Å². The molecular weight excluding hydrogens is 258 g/mol. The van der Waals surface area contributed by atoms with Crippen molar-refractivity contribution in [2.24, 2.45) is 10.9 Å². The van der Waals surface area contributed by atoms with Crippen molar-refractivity contribution in [1.29, 1.82) is 0 Å². The minimum Gasteiger partial charge on any atom is -0.409 e. The number of nitrogens with two attached hydrogens (primary N) is 1. The number of nitrogens with zero attached hydrogens (tertiary/aromatic N) is 2. The normalized spacial score (nSPS) is 12.2. The Morgan fingerprint density at radius 1 is 1.30 bits per heavy atom. The van der Waals surface area contributed by atoms with Gasteiger partial charge in [0.2, 0.25) is 0 Å². The van der Waals surface area contributed by atoms with Crippen molar-refractivity contribution in [3.8, 4) is 0 Å². The van der Waals surface area contributed by atoms with E-state index in [4.69, 9.17) is 20.4 Å². The molecule has 0 aliphatic carbocycles. The van der Waals surface area contributed by atoms with Crippen LogP contribution in [0.15, 0.2) is 35.6 Å². The molecule has 0 aliphatic heterocycles. The predicted molar refractivity (Wildman–Crippen MR) is 77.1 cm³/mol. The van der Waals surface area contributed by atoms with Crippen LogP contribution in [-0.2, 0) is 16.0 Å². The molecule has 0 amide bonds. The second-order valence-corrected chi connectivity index (χ2v) is 4.37. The maximum absolute atomic E-state index is 8.68. The molecule has 1 heterocycles. The van der Waals surface area contributed by atoms with Gasteiger partial charge in [0.05, 0.1) is 19.8 Å². The third-order valence-electron chi connectivity index (χ3n) is 3.08. The van der Waals surface area contributed by atoms with Crippen LogP contribution in [0.4, 0.5) is 0 Å². The highest BCUT2D eigenvalue weighted by atomic mass is 16.5. The summed E-state index contributed by atoms with van der Waals surface area (Å²) in [5, 5.41) is 12.7. The average Bonchev–Trinajstić information content (AvgIpc) is 2.88. The lowest BCUT2D eigenvalue weighted by Crippen LogP contribution is -2.12. The van der Waals surface area contributed by atoms with E-state index in [9.17, 15) is 0 Å². The summed E-state index contributed by atoms with van der Waals surface area (Å²) >= 11 is 0. The highest BCUT2D eigenvalue weighted by molar-refractivity contribution is 6.00. The first-order chi connectivity index (χ1) is 9.76. The van der Waals surface area contributed by atoms with Crippen LogP contribution in [0, 0.1) is 0 Å². The molecule has 0 spiro atoms. The third-order valence-corrected chi connectivity index (χ3v) is 3.08. The van der Waals surface area contributed by atoms with Crippen LogP contribution in [0.25, 0.3) is 10.9 Å². The molecule has 1 aromatic carbocycles. The van der Waals surface area contributed by atoms with E-state index in [-0.39, 0.29) is 5.84 Å². The predicted octanol–water partition coefficient (Wildman–Crippen LogP) is 1.40. The maximum atomic E-state index is 8.68. The Kier molecular flexibility index (Phi) is 4.97. The molecule has 2 rings (SSSR count). The van der Waals surface area contributed by atoms with Crippen LogP contribution >= 0.6 is 0 Å². The number of oxime groups is 1. The average molecular weight is 277 g/mol. The smallest absolute Gasteiger partial charge is 0.170 e. The van der Waals surface area contributed by atoms with E-state index in [1.165, 1.54) is 0 Å². The minimum atomic E-state index is 0.113. The lowest BCUT2D eigenvalue weighted by molar-refractivity contribution is 0.0670. The van der Waals surface area contributed by atoms with Crippen LogP contribution in [0.5, 0.6) is 0 Å². The number of amidine groups is 1. The summed E-state index contributed by atoms with van der Waals surface area (Å²) in [6.07, 6.45) is 2.00. The van der Waals surface area contributed by atoms with Crippen molar-refractivity contribution >= 4 is 16.7 Å². The van der Waals surface area contributed by atoms with Crippen LogP contribution < -0.4 is 5.73 Å². The summed E-state index contributed by atoms with van der Waals surface area (Å²) in [5.74, 6) is 0.113. The molecule has 0 radical (unpaired) electrons. The molecule has 0 unspecified atom stereocenters.